The Bertz CT molecular complexity index is 1180. The van der Waals surface area contributed by atoms with Gasteiger partial charge in [-0.3, -0.25) is 14.9 Å². The molecule has 0 radical (unpaired) electrons. The number of hydrogen-bond donors (Lipinski definition) is 1. The Morgan fingerprint density at radius 2 is 1.69 bits per heavy atom. The van der Waals surface area contributed by atoms with E-state index < -0.39 is 45.9 Å². The number of carbonyl (C=O) groups excluding carboxylic acids is 1. The van der Waals surface area contributed by atoms with Crippen molar-refractivity contribution in [1.29, 1.82) is 0 Å². The van der Waals surface area contributed by atoms with E-state index in [-0.39, 0.29) is 43.3 Å². The normalized spacial score (nSPS) is 12.5. The minimum Gasteiger partial charge on any atom is -0.342 e. The summed E-state index contributed by atoms with van der Waals surface area (Å²) in [4.78, 5) is 30.6. The molecule has 0 unspecified atom stereocenters. The first kappa shape index (κ1) is 27.6. The van der Waals surface area contributed by atoms with E-state index >= 15 is 0 Å². The van der Waals surface area contributed by atoms with Gasteiger partial charge in [-0.1, -0.05) is 6.92 Å². The number of pyridine rings is 1. The maximum atomic E-state index is 13.1. The van der Waals surface area contributed by atoms with Crippen LogP contribution in [0.4, 0.5) is 32.0 Å². The van der Waals surface area contributed by atoms with Gasteiger partial charge in [0, 0.05) is 11.6 Å². The number of halogens is 6. The molecule has 16 heteroatoms. The highest BCUT2D eigenvalue weighted by molar-refractivity contribution is 7.59. The van der Waals surface area contributed by atoms with Gasteiger partial charge in [-0.25, -0.2) is 9.97 Å². The van der Waals surface area contributed by atoms with Crippen LogP contribution in [0, 0.1) is 10.1 Å². The molecule has 9 nitrogen and oxygen atoms in total. The summed E-state index contributed by atoms with van der Waals surface area (Å²) in [7, 11) is 0. The number of aromatic nitrogens is 4. The van der Waals surface area contributed by atoms with Crippen LogP contribution in [-0.2, 0) is 12.4 Å². The Balaban J connectivity index is 0.00000432. The van der Waals surface area contributed by atoms with Crippen LogP contribution in [0.15, 0.2) is 42.9 Å². The molecule has 0 aliphatic rings. The standard InChI is InChI=1S/C19H14F6N6O3.H2S/c1-2-14(16-27-9-28-30(16)15-4-3-13(8-26-15)31(33)34)29-17(32)10-5-11(18(20,21)22)7-12(6-10)19(23,24)25;/h3-9,14H,2H2,1H3,(H,29,32);1H2/t14-;/m0./s1. The van der Waals surface area contributed by atoms with Crippen LogP contribution in [0.2, 0.25) is 0 Å². The summed E-state index contributed by atoms with van der Waals surface area (Å²) >= 11 is 0. The maximum absolute atomic E-state index is 13.1. The van der Waals surface area contributed by atoms with Crippen LogP contribution in [0.3, 0.4) is 0 Å². The van der Waals surface area contributed by atoms with Crippen LogP contribution in [0.1, 0.15) is 46.7 Å². The molecule has 0 saturated heterocycles. The topological polar surface area (TPSA) is 116 Å². The molecule has 1 amide bonds. The van der Waals surface area contributed by atoms with Crippen molar-refractivity contribution in [2.45, 2.75) is 31.7 Å². The first-order chi connectivity index (χ1) is 15.8. The first-order valence-electron chi connectivity index (χ1n) is 9.42. The number of nitro groups is 1. The fourth-order valence-electron chi connectivity index (χ4n) is 2.95. The van der Waals surface area contributed by atoms with E-state index in [1.165, 1.54) is 6.07 Å². The van der Waals surface area contributed by atoms with Gasteiger partial charge in [-0.2, -0.15) is 49.6 Å². The van der Waals surface area contributed by atoms with E-state index in [0.29, 0.717) is 12.1 Å². The molecule has 3 aromatic rings. The summed E-state index contributed by atoms with van der Waals surface area (Å²) in [6.07, 6.45) is -8.05. The molecule has 0 aliphatic heterocycles. The third-order valence-corrected chi connectivity index (χ3v) is 4.61. The monoisotopic (exact) mass is 522 g/mol. The van der Waals surface area contributed by atoms with Gasteiger partial charge in [0.2, 0.25) is 0 Å². The molecule has 3 rings (SSSR count). The summed E-state index contributed by atoms with van der Waals surface area (Å²) in [5.41, 5.74) is -4.39. The number of hydrogen-bond acceptors (Lipinski definition) is 6. The quantitative estimate of drug-likeness (QED) is 0.287. The lowest BCUT2D eigenvalue weighted by Crippen LogP contribution is -2.31. The van der Waals surface area contributed by atoms with Crippen molar-refractivity contribution in [3.8, 4) is 5.82 Å². The van der Waals surface area contributed by atoms with Crippen LogP contribution in [0.5, 0.6) is 0 Å². The van der Waals surface area contributed by atoms with Gasteiger partial charge < -0.3 is 5.32 Å². The third kappa shape index (κ3) is 6.26. The Labute approximate surface area is 199 Å². The predicted octanol–water partition coefficient (Wildman–Crippen LogP) is 4.60. The lowest BCUT2D eigenvalue weighted by Gasteiger charge is -2.18. The Morgan fingerprint density at radius 3 is 2.14 bits per heavy atom. The van der Waals surface area contributed by atoms with Crippen LogP contribution >= 0.6 is 13.5 Å². The average Bonchev–Trinajstić information content (AvgIpc) is 3.25. The second-order valence-corrected chi connectivity index (χ2v) is 6.89. The van der Waals surface area contributed by atoms with E-state index in [1.807, 2.05) is 0 Å². The number of amides is 1. The van der Waals surface area contributed by atoms with Gasteiger partial charge in [0.15, 0.2) is 11.6 Å². The van der Waals surface area contributed by atoms with Gasteiger partial charge >= 0.3 is 12.4 Å². The SMILES string of the molecule is CC[C@H](NC(=O)c1cc(C(F)(F)F)cc(C(F)(F)F)c1)c1ncnn1-c1ccc([N+](=O)[O-])cn1.S. The summed E-state index contributed by atoms with van der Waals surface area (Å²) in [6, 6.07) is 1.98. The van der Waals surface area contributed by atoms with Gasteiger partial charge in [0.1, 0.15) is 12.5 Å². The van der Waals surface area contributed by atoms with Crippen molar-refractivity contribution in [1.82, 2.24) is 25.1 Å². The number of nitrogens with zero attached hydrogens (tertiary/aromatic N) is 5. The summed E-state index contributed by atoms with van der Waals surface area (Å²) < 4.78 is 79.7. The molecule has 35 heavy (non-hydrogen) atoms. The minimum absolute atomic E-state index is 0. The molecular weight excluding hydrogens is 506 g/mol. The highest BCUT2D eigenvalue weighted by Crippen LogP contribution is 2.36. The highest BCUT2D eigenvalue weighted by atomic mass is 32.1. The van der Waals surface area contributed by atoms with Crippen molar-refractivity contribution >= 4 is 25.1 Å². The fourth-order valence-corrected chi connectivity index (χ4v) is 2.95. The molecule has 1 aromatic carbocycles. The number of nitrogens with one attached hydrogen (secondary N) is 1. The van der Waals surface area contributed by atoms with E-state index in [1.54, 1.807) is 6.92 Å². The molecule has 0 fully saturated rings. The van der Waals surface area contributed by atoms with E-state index in [2.05, 4.69) is 20.4 Å². The van der Waals surface area contributed by atoms with Crippen molar-refractivity contribution < 1.29 is 36.1 Å². The summed E-state index contributed by atoms with van der Waals surface area (Å²) in [5.74, 6) is -1.06. The van der Waals surface area contributed by atoms with Crippen LogP contribution in [0.25, 0.3) is 5.82 Å². The average molecular weight is 522 g/mol. The van der Waals surface area contributed by atoms with Crippen molar-refractivity contribution in [2.75, 3.05) is 0 Å². The molecular formula is C19H16F6N6O3S. The van der Waals surface area contributed by atoms with Gasteiger partial charge in [-0.15, -0.1) is 0 Å². The second-order valence-electron chi connectivity index (χ2n) is 6.89. The Morgan fingerprint density at radius 1 is 1.09 bits per heavy atom. The number of alkyl halides is 6. The molecule has 0 spiro atoms. The largest absolute Gasteiger partial charge is 0.416 e. The molecule has 1 N–H and O–H groups in total. The van der Waals surface area contributed by atoms with Gasteiger partial charge in [0.25, 0.3) is 11.6 Å². The maximum Gasteiger partial charge on any atom is 0.416 e. The van der Waals surface area contributed by atoms with Gasteiger partial charge in [-0.05, 0) is 30.7 Å². The van der Waals surface area contributed by atoms with E-state index in [4.69, 9.17) is 0 Å². The molecule has 188 valence electrons. The van der Waals surface area contributed by atoms with Crippen LogP contribution < -0.4 is 5.32 Å². The lowest BCUT2D eigenvalue weighted by molar-refractivity contribution is -0.385. The first-order valence-corrected chi connectivity index (χ1v) is 9.42. The van der Waals surface area contributed by atoms with Crippen molar-refractivity contribution in [3.63, 3.8) is 0 Å². The summed E-state index contributed by atoms with van der Waals surface area (Å²) in [5, 5.41) is 17.1. The zero-order chi connectivity index (χ0) is 25.3. The lowest BCUT2D eigenvalue weighted by atomic mass is 10.0. The fraction of sp³-hybridized carbons (Fsp3) is 0.263. The zero-order valence-corrected chi connectivity index (χ0v) is 18.6. The molecule has 2 aromatic heterocycles. The molecule has 2 heterocycles. The highest BCUT2D eigenvalue weighted by Gasteiger charge is 2.37. The third-order valence-electron chi connectivity index (χ3n) is 4.61. The molecule has 0 bridgehead atoms. The van der Waals surface area contributed by atoms with Crippen LogP contribution in [-0.4, -0.2) is 30.6 Å². The second kappa shape index (κ2) is 10.3. The van der Waals surface area contributed by atoms with Crippen molar-refractivity contribution in [3.05, 3.63) is 75.5 Å². The van der Waals surface area contributed by atoms with Gasteiger partial charge in [0.05, 0.1) is 22.1 Å². The van der Waals surface area contributed by atoms with Crippen molar-refractivity contribution in [2.24, 2.45) is 0 Å². The number of rotatable bonds is 6. The minimum atomic E-state index is -5.11. The smallest absolute Gasteiger partial charge is 0.342 e. The van der Waals surface area contributed by atoms with E-state index in [9.17, 15) is 41.3 Å². The molecule has 0 saturated carbocycles. The van der Waals surface area contributed by atoms with E-state index in [0.717, 1.165) is 23.3 Å². The zero-order valence-electron chi connectivity index (χ0n) is 17.6. The number of benzene rings is 1. The summed E-state index contributed by atoms with van der Waals surface area (Å²) in [6.45, 7) is 1.58. The molecule has 0 aliphatic carbocycles. The number of carbonyl (C=O) groups is 1. The Hall–Kier alpha value is -3.69. The Kier molecular flexibility index (Phi) is 8.10. The predicted molar refractivity (Wildman–Crippen MR) is 113 cm³/mol. The molecule has 1 atom stereocenters.